The number of nitrogens with zero attached hydrogens (tertiary/aromatic N) is 2. The van der Waals surface area contributed by atoms with Crippen molar-refractivity contribution in [3.63, 3.8) is 0 Å². The second-order valence-electron chi connectivity index (χ2n) is 7.85. The summed E-state index contributed by atoms with van der Waals surface area (Å²) in [6.45, 7) is 5.91. The van der Waals surface area contributed by atoms with Gasteiger partial charge in [-0.3, -0.25) is 9.36 Å². The van der Waals surface area contributed by atoms with Crippen molar-refractivity contribution in [2.75, 3.05) is 20.3 Å². The number of phenols is 1. The fourth-order valence-electron chi connectivity index (χ4n) is 4.02. The predicted octanol–water partition coefficient (Wildman–Crippen LogP) is 3.67. The fraction of sp³-hybridized carbons (Fsp3) is 0.269. The highest BCUT2D eigenvalue weighted by molar-refractivity contribution is 9.10. The number of esters is 1. The summed E-state index contributed by atoms with van der Waals surface area (Å²) in [6, 6.07) is 9.49. The van der Waals surface area contributed by atoms with Crippen molar-refractivity contribution in [1.29, 1.82) is 0 Å². The van der Waals surface area contributed by atoms with E-state index in [9.17, 15) is 14.7 Å². The Balaban J connectivity index is 1.98. The van der Waals surface area contributed by atoms with E-state index in [4.69, 9.17) is 14.2 Å². The molecular formula is C26H25BrN2O6S. The number of rotatable bonds is 7. The number of phenolic OH excluding ortho intramolecular Hbond substituents is 1. The maximum atomic E-state index is 13.7. The van der Waals surface area contributed by atoms with Crippen LogP contribution >= 0.6 is 27.3 Å². The van der Waals surface area contributed by atoms with Crippen LogP contribution in [0.15, 0.2) is 61.9 Å². The van der Waals surface area contributed by atoms with Crippen LogP contribution in [-0.4, -0.2) is 36.0 Å². The van der Waals surface area contributed by atoms with Gasteiger partial charge in [-0.15, -0.1) is 0 Å². The van der Waals surface area contributed by atoms with Gasteiger partial charge in [0.25, 0.3) is 5.56 Å². The normalized spacial score (nSPS) is 15.4. The van der Waals surface area contributed by atoms with Gasteiger partial charge in [0.15, 0.2) is 16.3 Å². The zero-order valence-electron chi connectivity index (χ0n) is 20.2. The molecule has 1 aromatic heterocycles. The number of methoxy groups -OCH3 is 1. The van der Waals surface area contributed by atoms with E-state index in [2.05, 4.69) is 20.9 Å². The molecule has 2 aromatic carbocycles. The quantitative estimate of drug-likeness (QED) is 0.434. The molecule has 10 heteroatoms. The predicted molar refractivity (Wildman–Crippen MR) is 140 cm³/mol. The molecule has 0 saturated carbocycles. The Kier molecular flexibility index (Phi) is 7.65. The first kappa shape index (κ1) is 25.7. The van der Waals surface area contributed by atoms with Crippen molar-refractivity contribution in [2.45, 2.75) is 26.8 Å². The maximum absolute atomic E-state index is 13.7. The first-order valence-corrected chi connectivity index (χ1v) is 12.9. The molecular weight excluding hydrogens is 548 g/mol. The highest BCUT2D eigenvalue weighted by Crippen LogP contribution is 2.36. The van der Waals surface area contributed by atoms with Crippen LogP contribution in [0.5, 0.6) is 17.2 Å². The summed E-state index contributed by atoms with van der Waals surface area (Å²) in [6.07, 6.45) is 1.62. The number of ether oxygens (including phenoxy) is 3. The fourth-order valence-corrected chi connectivity index (χ4v) is 5.44. The highest BCUT2D eigenvalue weighted by atomic mass is 79.9. The van der Waals surface area contributed by atoms with Gasteiger partial charge >= 0.3 is 5.97 Å². The van der Waals surface area contributed by atoms with Gasteiger partial charge in [-0.1, -0.05) is 33.3 Å². The minimum atomic E-state index is -0.788. The van der Waals surface area contributed by atoms with Crippen LogP contribution in [0, 0.1) is 0 Å². The van der Waals surface area contributed by atoms with Crippen LogP contribution in [0.2, 0.25) is 0 Å². The maximum Gasteiger partial charge on any atom is 0.338 e. The van der Waals surface area contributed by atoms with E-state index in [-0.39, 0.29) is 23.5 Å². The van der Waals surface area contributed by atoms with Crippen LogP contribution in [0.3, 0.4) is 0 Å². The lowest BCUT2D eigenvalue weighted by molar-refractivity contribution is -0.139. The van der Waals surface area contributed by atoms with Gasteiger partial charge in [0.1, 0.15) is 5.75 Å². The molecule has 1 aliphatic heterocycles. The second kappa shape index (κ2) is 10.7. The molecule has 36 heavy (non-hydrogen) atoms. The third-order valence-corrected chi connectivity index (χ3v) is 7.07. The number of fused-ring (bicyclic) bond motifs is 1. The number of aromatic hydroxyl groups is 1. The van der Waals surface area contributed by atoms with Crippen LogP contribution in [-0.2, 0) is 9.53 Å². The lowest BCUT2D eigenvalue weighted by Crippen LogP contribution is -2.40. The van der Waals surface area contributed by atoms with E-state index in [0.717, 1.165) is 4.47 Å². The van der Waals surface area contributed by atoms with E-state index in [0.29, 0.717) is 44.3 Å². The van der Waals surface area contributed by atoms with E-state index >= 15 is 0 Å². The smallest absolute Gasteiger partial charge is 0.338 e. The minimum absolute atomic E-state index is 0.0421. The number of hydrogen-bond donors (Lipinski definition) is 1. The van der Waals surface area contributed by atoms with Gasteiger partial charge < -0.3 is 19.3 Å². The van der Waals surface area contributed by atoms with E-state index < -0.39 is 12.0 Å². The number of hydrogen-bond acceptors (Lipinski definition) is 8. The van der Waals surface area contributed by atoms with Crippen LogP contribution in [0.1, 0.15) is 37.9 Å². The van der Waals surface area contributed by atoms with Gasteiger partial charge in [0, 0.05) is 10.0 Å². The molecule has 0 bridgehead atoms. The van der Waals surface area contributed by atoms with Crippen molar-refractivity contribution in [3.05, 3.63) is 83.0 Å². The van der Waals surface area contributed by atoms with Gasteiger partial charge in [0.2, 0.25) is 0 Å². The molecule has 1 atom stereocenters. The van der Waals surface area contributed by atoms with Crippen LogP contribution in [0.25, 0.3) is 6.08 Å². The zero-order valence-corrected chi connectivity index (χ0v) is 22.6. The van der Waals surface area contributed by atoms with Gasteiger partial charge in [-0.2, -0.15) is 0 Å². The Morgan fingerprint density at radius 2 is 1.97 bits per heavy atom. The monoisotopic (exact) mass is 572 g/mol. The Labute approximate surface area is 219 Å². The van der Waals surface area contributed by atoms with Crippen molar-refractivity contribution in [2.24, 2.45) is 4.99 Å². The largest absolute Gasteiger partial charge is 0.507 e. The number of thiazole rings is 1. The third kappa shape index (κ3) is 4.83. The summed E-state index contributed by atoms with van der Waals surface area (Å²) in [5.41, 5.74) is 1.52. The van der Waals surface area contributed by atoms with E-state index in [1.54, 1.807) is 63.4 Å². The first-order chi connectivity index (χ1) is 17.3. The van der Waals surface area contributed by atoms with Crippen molar-refractivity contribution in [3.8, 4) is 17.2 Å². The van der Waals surface area contributed by atoms with Crippen LogP contribution in [0.4, 0.5) is 0 Å². The summed E-state index contributed by atoms with van der Waals surface area (Å²) in [4.78, 5) is 31.8. The van der Waals surface area contributed by atoms with E-state index in [1.165, 1.54) is 15.9 Å². The molecule has 0 saturated heterocycles. The third-order valence-electron chi connectivity index (χ3n) is 5.60. The van der Waals surface area contributed by atoms with Crippen molar-refractivity contribution >= 4 is 39.3 Å². The summed E-state index contributed by atoms with van der Waals surface area (Å²) >= 11 is 4.58. The van der Waals surface area contributed by atoms with Gasteiger partial charge in [-0.25, -0.2) is 9.79 Å². The molecule has 188 valence electrons. The number of halogens is 1. The summed E-state index contributed by atoms with van der Waals surface area (Å²) in [7, 11) is 1.55. The lowest BCUT2D eigenvalue weighted by Gasteiger charge is -2.25. The SMILES string of the molecule is CCOC(=O)C1=C(C)N=c2s/c(=C\c3cc(Br)ccc3O)c(=O)n2C1c1ccc(OC)c(OCC)c1. The summed E-state index contributed by atoms with van der Waals surface area (Å²) in [5, 5.41) is 10.3. The average molecular weight is 573 g/mol. The summed E-state index contributed by atoms with van der Waals surface area (Å²) in [5.74, 6) is 0.532. The number of carbonyl (C=O) groups is 1. The molecule has 0 radical (unpaired) electrons. The Morgan fingerprint density at radius 3 is 2.67 bits per heavy atom. The van der Waals surface area contributed by atoms with E-state index in [1.807, 2.05) is 6.92 Å². The Morgan fingerprint density at radius 1 is 1.19 bits per heavy atom. The van der Waals surface area contributed by atoms with Gasteiger partial charge in [-0.05, 0) is 62.7 Å². The summed E-state index contributed by atoms with van der Waals surface area (Å²) < 4.78 is 19.1. The van der Waals surface area contributed by atoms with Gasteiger partial charge in [0.05, 0.1) is 42.2 Å². The molecule has 3 aromatic rings. The highest BCUT2D eigenvalue weighted by Gasteiger charge is 2.34. The molecule has 1 unspecified atom stereocenters. The lowest BCUT2D eigenvalue weighted by atomic mass is 9.95. The molecule has 1 N–H and O–H groups in total. The Hall–Kier alpha value is -3.37. The number of allylic oxidation sites excluding steroid dienone is 1. The average Bonchev–Trinajstić information content (AvgIpc) is 3.15. The molecule has 0 fully saturated rings. The first-order valence-electron chi connectivity index (χ1n) is 11.3. The Bertz CT molecular complexity index is 1540. The standard InChI is InChI=1S/C26H25BrN2O6S/c1-5-34-20-12-15(7-10-19(20)33-4)23-22(25(32)35-6-2)14(3)28-26-29(23)24(31)21(36-26)13-16-11-17(27)8-9-18(16)30/h7-13,23,30H,5-6H2,1-4H3/b21-13-. The molecule has 8 nitrogen and oxygen atoms in total. The molecule has 0 amide bonds. The zero-order chi connectivity index (χ0) is 26.0. The molecule has 0 spiro atoms. The van der Waals surface area contributed by atoms with Crippen molar-refractivity contribution in [1.82, 2.24) is 4.57 Å². The number of aromatic nitrogens is 1. The molecule has 2 heterocycles. The van der Waals surface area contributed by atoms with Crippen molar-refractivity contribution < 1.29 is 24.1 Å². The second-order valence-corrected chi connectivity index (χ2v) is 9.77. The number of benzene rings is 2. The molecule has 1 aliphatic rings. The van der Waals surface area contributed by atoms with Crippen LogP contribution < -0.4 is 24.4 Å². The molecule has 4 rings (SSSR count). The minimum Gasteiger partial charge on any atom is -0.507 e. The number of carbonyl (C=O) groups excluding carboxylic acids is 1. The topological polar surface area (TPSA) is 99.4 Å². The molecule has 0 aliphatic carbocycles.